The summed E-state index contributed by atoms with van der Waals surface area (Å²) >= 11 is 0. The largest absolute Gasteiger partial charge is 0.462 e. The zero-order valence-corrected chi connectivity index (χ0v) is 9.61. The van der Waals surface area contributed by atoms with Crippen LogP contribution in [0.2, 0.25) is 0 Å². The molecule has 88 valence electrons. The lowest BCUT2D eigenvalue weighted by molar-refractivity contribution is 0.0525. The Morgan fingerprint density at radius 3 is 2.75 bits per heavy atom. The molecule has 0 aliphatic carbocycles. The van der Waals surface area contributed by atoms with E-state index in [2.05, 4.69) is 0 Å². The molecule has 0 saturated carbocycles. The molecule has 0 unspecified atom stereocenters. The Bertz CT molecular complexity index is 334. The maximum absolute atomic E-state index is 11.6. The normalized spacial score (nSPS) is 10.1. The minimum absolute atomic E-state index is 0.196. The van der Waals surface area contributed by atoms with Crippen molar-refractivity contribution in [3.63, 3.8) is 0 Å². The molecular weight excluding hydrogens is 204 g/mol. The minimum atomic E-state index is -0.262. The lowest BCUT2D eigenvalue weighted by atomic mass is 10.0. The second kappa shape index (κ2) is 7.01. The standard InChI is InChI=1S/C13H18O3/c1-2-16-13(15)12-9-4-3-7-11(12)8-5-6-10-14/h3-4,7,9,14H,2,5-6,8,10H2,1H3. The van der Waals surface area contributed by atoms with Gasteiger partial charge < -0.3 is 9.84 Å². The van der Waals surface area contributed by atoms with Crippen LogP contribution in [-0.2, 0) is 11.2 Å². The number of hydrogen-bond acceptors (Lipinski definition) is 3. The molecule has 0 atom stereocenters. The first-order valence-electron chi connectivity index (χ1n) is 5.65. The number of carbonyl (C=O) groups is 1. The third-order valence-corrected chi connectivity index (χ3v) is 2.37. The van der Waals surface area contributed by atoms with Crippen LogP contribution in [-0.4, -0.2) is 24.3 Å². The third-order valence-electron chi connectivity index (χ3n) is 2.37. The first-order valence-corrected chi connectivity index (χ1v) is 5.65. The minimum Gasteiger partial charge on any atom is -0.462 e. The topological polar surface area (TPSA) is 46.5 Å². The summed E-state index contributed by atoms with van der Waals surface area (Å²) in [6.07, 6.45) is 2.44. The molecular formula is C13H18O3. The second-order valence-corrected chi connectivity index (χ2v) is 3.56. The molecule has 0 aliphatic rings. The van der Waals surface area contributed by atoms with Crippen LogP contribution >= 0.6 is 0 Å². The van der Waals surface area contributed by atoms with Crippen molar-refractivity contribution < 1.29 is 14.6 Å². The Labute approximate surface area is 96.1 Å². The van der Waals surface area contributed by atoms with Gasteiger partial charge in [0, 0.05) is 6.61 Å². The van der Waals surface area contributed by atoms with Gasteiger partial charge in [-0.05, 0) is 37.8 Å². The number of carbonyl (C=O) groups excluding carboxylic acids is 1. The average molecular weight is 222 g/mol. The van der Waals surface area contributed by atoms with Gasteiger partial charge in [0.05, 0.1) is 12.2 Å². The fraction of sp³-hybridized carbons (Fsp3) is 0.462. The van der Waals surface area contributed by atoms with E-state index >= 15 is 0 Å². The van der Waals surface area contributed by atoms with Crippen molar-refractivity contribution in [1.29, 1.82) is 0 Å². The number of hydrogen-bond donors (Lipinski definition) is 1. The Morgan fingerprint density at radius 1 is 1.31 bits per heavy atom. The second-order valence-electron chi connectivity index (χ2n) is 3.56. The summed E-state index contributed by atoms with van der Waals surface area (Å²) in [5.41, 5.74) is 1.64. The summed E-state index contributed by atoms with van der Waals surface area (Å²) in [5.74, 6) is -0.262. The predicted molar refractivity (Wildman–Crippen MR) is 62.4 cm³/mol. The molecule has 0 radical (unpaired) electrons. The van der Waals surface area contributed by atoms with E-state index in [0.717, 1.165) is 24.8 Å². The highest BCUT2D eigenvalue weighted by Gasteiger charge is 2.10. The van der Waals surface area contributed by atoms with Gasteiger partial charge in [0.1, 0.15) is 0 Å². The van der Waals surface area contributed by atoms with Crippen LogP contribution in [0.3, 0.4) is 0 Å². The van der Waals surface area contributed by atoms with Crippen LogP contribution in [0.5, 0.6) is 0 Å². The summed E-state index contributed by atoms with van der Waals surface area (Å²) < 4.78 is 4.99. The summed E-state index contributed by atoms with van der Waals surface area (Å²) in [4.78, 5) is 11.6. The molecule has 0 saturated heterocycles. The van der Waals surface area contributed by atoms with E-state index in [0.29, 0.717) is 12.2 Å². The molecule has 0 bridgehead atoms. The van der Waals surface area contributed by atoms with E-state index in [1.54, 1.807) is 13.0 Å². The van der Waals surface area contributed by atoms with Crippen molar-refractivity contribution in [3.8, 4) is 0 Å². The molecule has 1 aromatic carbocycles. The van der Waals surface area contributed by atoms with Crippen LogP contribution in [0.25, 0.3) is 0 Å². The SMILES string of the molecule is CCOC(=O)c1ccccc1CCCCO. The molecule has 3 heteroatoms. The quantitative estimate of drug-likeness (QED) is 0.592. The maximum atomic E-state index is 11.6. The number of rotatable bonds is 6. The summed E-state index contributed by atoms with van der Waals surface area (Å²) in [5, 5.41) is 8.72. The monoisotopic (exact) mass is 222 g/mol. The molecule has 0 aliphatic heterocycles. The Hall–Kier alpha value is -1.35. The molecule has 0 spiro atoms. The van der Waals surface area contributed by atoms with Gasteiger partial charge in [-0.3, -0.25) is 0 Å². The number of aryl methyl sites for hydroxylation is 1. The predicted octanol–water partition coefficient (Wildman–Crippen LogP) is 2.18. The Balaban J connectivity index is 2.71. The first-order chi connectivity index (χ1) is 7.79. The number of benzene rings is 1. The van der Waals surface area contributed by atoms with Crippen molar-refractivity contribution in [2.24, 2.45) is 0 Å². The molecule has 16 heavy (non-hydrogen) atoms. The van der Waals surface area contributed by atoms with Gasteiger partial charge in [0.25, 0.3) is 0 Å². The highest BCUT2D eigenvalue weighted by molar-refractivity contribution is 5.91. The summed E-state index contributed by atoms with van der Waals surface area (Å²) in [6.45, 7) is 2.39. The number of ether oxygens (including phenoxy) is 1. The molecule has 0 heterocycles. The van der Waals surface area contributed by atoms with Crippen LogP contribution in [0.1, 0.15) is 35.7 Å². The van der Waals surface area contributed by atoms with Crippen molar-refractivity contribution >= 4 is 5.97 Å². The van der Waals surface area contributed by atoms with Crippen molar-refractivity contribution in [1.82, 2.24) is 0 Å². The van der Waals surface area contributed by atoms with Crippen molar-refractivity contribution in [2.45, 2.75) is 26.2 Å². The number of aliphatic hydroxyl groups is 1. The molecule has 0 aromatic heterocycles. The number of unbranched alkanes of at least 4 members (excludes halogenated alkanes) is 1. The van der Waals surface area contributed by atoms with Crippen LogP contribution in [0.15, 0.2) is 24.3 Å². The molecule has 1 aromatic rings. The molecule has 0 fully saturated rings. The smallest absolute Gasteiger partial charge is 0.338 e. The van der Waals surface area contributed by atoms with Gasteiger partial charge in [-0.2, -0.15) is 0 Å². The highest BCUT2D eigenvalue weighted by atomic mass is 16.5. The number of esters is 1. The van der Waals surface area contributed by atoms with Gasteiger partial charge in [0.15, 0.2) is 0 Å². The van der Waals surface area contributed by atoms with E-state index in [4.69, 9.17) is 9.84 Å². The molecule has 0 amide bonds. The zero-order valence-electron chi connectivity index (χ0n) is 9.61. The average Bonchev–Trinajstić information content (AvgIpc) is 2.30. The van der Waals surface area contributed by atoms with Crippen LogP contribution in [0.4, 0.5) is 0 Å². The Morgan fingerprint density at radius 2 is 2.06 bits per heavy atom. The highest BCUT2D eigenvalue weighted by Crippen LogP contribution is 2.13. The maximum Gasteiger partial charge on any atom is 0.338 e. The van der Waals surface area contributed by atoms with Crippen molar-refractivity contribution in [3.05, 3.63) is 35.4 Å². The molecule has 3 nitrogen and oxygen atoms in total. The van der Waals surface area contributed by atoms with E-state index < -0.39 is 0 Å². The lowest BCUT2D eigenvalue weighted by Gasteiger charge is -2.08. The van der Waals surface area contributed by atoms with Crippen LogP contribution in [0, 0.1) is 0 Å². The zero-order chi connectivity index (χ0) is 11.8. The van der Waals surface area contributed by atoms with Gasteiger partial charge in [-0.15, -0.1) is 0 Å². The van der Waals surface area contributed by atoms with E-state index in [1.165, 1.54) is 0 Å². The van der Waals surface area contributed by atoms with Gasteiger partial charge >= 0.3 is 5.97 Å². The van der Waals surface area contributed by atoms with E-state index in [1.807, 2.05) is 18.2 Å². The molecule has 1 rings (SSSR count). The fourth-order valence-electron chi connectivity index (χ4n) is 1.57. The van der Waals surface area contributed by atoms with Gasteiger partial charge in [-0.25, -0.2) is 4.79 Å². The van der Waals surface area contributed by atoms with Gasteiger partial charge in [-0.1, -0.05) is 18.2 Å². The number of aliphatic hydroxyl groups excluding tert-OH is 1. The van der Waals surface area contributed by atoms with Crippen molar-refractivity contribution in [2.75, 3.05) is 13.2 Å². The summed E-state index contributed by atoms with van der Waals surface area (Å²) in [6, 6.07) is 7.47. The first kappa shape index (κ1) is 12.7. The lowest BCUT2D eigenvalue weighted by Crippen LogP contribution is -2.08. The third kappa shape index (κ3) is 3.66. The fourth-order valence-corrected chi connectivity index (χ4v) is 1.57. The Kier molecular flexibility index (Phi) is 5.57. The summed E-state index contributed by atoms with van der Waals surface area (Å²) in [7, 11) is 0. The van der Waals surface area contributed by atoms with E-state index in [-0.39, 0.29) is 12.6 Å². The van der Waals surface area contributed by atoms with Crippen LogP contribution < -0.4 is 0 Å². The van der Waals surface area contributed by atoms with E-state index in [9.17, 15) is 4.79 Å². The molecule has 1 N–H and O–H groups in total. The van der Waals surface area contributed by atoms with Gasteiger partial charge in [0.2, 0.25) is 0 Å².